The molecule has 0 aromatic carbocycles. The maximum absolute atomic E-state index is 6.18. The van der Waals surface area contributed by atoms with Gasteiger partial charge in [0.2, 0.25) is 0 Å². The minimum atomic E-state index is 0.452. The Morgan fingerprint density at radius 2 is 2.15 bits per heavy atom. The molecule has 0 aliphatic heterocycles. The lowest BCUT2D eigenvalue weighted by Crippen LogP contribution is -2.21. The highest BCUT2D eigenvalue weighted by molar-refractivity contribution is 7.09. The van der Waals surface area contributed by atoms with Crippen molar-refractivity contribution >= 4 is 34.5 Å². The molecule has 3 heterocycles. The summed E-state index contributed by atoms with van der Waals surface area (Å²) in [5, 5.41) is 4.68. The summed E-state index contributed by atoms with van der Waals surface area (Å²) in [7, 11) is 2.00. The molecule has 6 nitrogen and oxygen atoms in total. The molecule has 0 saturated carbocycles. The zero-order chi connectivity index (χ0) is 14.3. The Balaban J connectivity index is 2.06. The molecule has 8 heteroatoms. The number of rotatable bonds is 3. The molecule has 3 aromatic rings. The molecule has 0 aliphatic rings. The highest BCUT2D eigenvalue weighted by Gasteiger charge is 2.17. The van der Waals surface area contributed by atoms with Crippen molar-refractivity contribution in [3.63, 3.8) is 0 Å². The van der Waals surface area contributed by atoms with Gasteiger partial charge >= 0.3 is 0 Å². The van der Waals surface area contributed by atoms with Gasteiger partial charge in [-0.3, -0.25) is 0 Å². The molecule has 104 valence electrons. The van der Waals surface area contributed by atoms with E-state index in [4.69, 9.17) is 11.6 Å². The summed E-state index contributed by atoms with van der Waals surface area (Å²) in [6.07, 6.45) is 1.48. The van der Waals surface area contributed by atoms with Crippen molar-refractivity contribution in [2.75, 3.05) is 11.9 Å². The normalized spacial score (nSPS) is 11.2. The van der Waals surface area contributed by atoms with Gasteiger partial charge in [-0.25, -0.2) is 4.98 Å². The Bertz CT molecular complexity index is 764. The molecular weight excluding hydrogens is 296 g/mol. The summed E-state index contributed by atoms with van der Waals surface area (Å²) in [5.41, 5.74) is 3.79. The first-order chi connectivity index (χ1) is 9.58. The molecule has 0 fully saturated rings. The van der Waals surface area contributed by atoms with Gasteiger partial charge in [0.25, 0.3) is 5.78 Å². The van der Waals surface area contributed by atoms with Crippen molar-refractivity contribution in [1.29, 1.82) is 0 Å². The summed E-state index contributed by atoms with van der Waals surface area (Å²) in [4.78, 5) is 15.9. The number of aryl methyl sites for hydroxylation is 1. The maximum atomic E-state index is 6.18. The van der Waals surface area contributed by atoms with Crippen molar-refractivity contribution in [2.45, 2.75) is 20.4 Å². The molecule has 0 N–H and O–H groups in total. The smallest absolute Gasteiger partial charge is 0.255 e. The van der Waals surface area contributed by atoms with Crippen LogP contribution in [0.2, 0.25) is 5.15 Å². The average Bonchev–Trinajstić information content (AvgIpc) is 3.00. The van der Waals surface area contributed by atoms with Crippen LogP contribution in [0.15, 0.2) is 11.8 Å². The van der Waals surface area contributed by atoms with Gasteiger partial charge in [0.1, 0.15) is 17.3 Å². The molecule has 0 saturated heterocycles. The SMILES string of the molecule is Cc1ncsc1CN(C)c1c(C)c(Cl)nc2ncnn12. The fraction of sp³-hybridized carbons (Fsp3) is 0.333. The topological polar surface area (TPSA) is 59.2 Å². The van der Waals surface area contributed by atoms with Gasteiger partial charge in [0.05, 0.1) is 17.7 Å². The minimum Gasteiger partial charge on any atom is -0.354 e. The molecule has 0 amide bonds. The Kier molecular flexibility index (Phi) is 3.31. The van der Waals surface area contributed by atoms with Gasteiger partial charge in [-0.2, -0.15) is 19.6 Å². The second kappa shape index (κ2) is 4.99. The number of thiazole rings is 1. The van der Waals surface area contributed by atoms with E-state index in [0.29, 0.717) is 10.9 Å². The van der Waals surface area contributed by atoms with Crippen LogP contribution in [0.4, 0.5) is 5.82 Å². The molecule has 0 atom stereocenters. The fourth-order valence-corrected chi connectivity index (χ4v) is 3.09. The van der Waals surface area contributed by atoms with E-state index >= 15 is 0 Å². The predicted molar refractivity (Wildman–Crippen MR) is 79.5 cm³/mol. The van der Waals surface area contributed by atoms with Gasteiger partial charge < -0.3 is 4.90 Å². The molecule has 0 radical (unpaired) electrons. The van der Waals surface area contributed by atoms with Crippen LogP contribution in [0.5, 0.6) is 0 Å². The summed E-state index contributed by atoms with van der Waals surface area (Å²) in [6, 6.07) is 0. The number of hydrogen-bond acceptors (Lipinski definition) is 6. The van der Waals surface area contributed by atoms with E-state index < -0.39 is 0 Å². The standard InChI is InChI=1S/C12H13ClN6S/c1-7-10(13)17-12-14-5-16-19(12)11(7)18(3)4-9-8(2)15-6-20-9/h5-6H,4H2,1-3H3. The summed E-state index contributed by atoms with van der Waals surface area (Å²) >= 11 is 7.82. The van der Waals surface area contributed by atoms with E-state index in [1.54, 1.807) is 15.9 Å². The largest absolute Gasteiger partial charge is 0.354 e. The molecular formula is C12H13ClN6S. The van der Waals surface area contributed by atoms with E-state index in [0.717, 1.165) is 23.6 Å². The van der Waals surface area contributed by atoms with Crippen LogP contribution in [-0.2, 0) is 6.54 Å². The van der Waals surface area contributed by atoms with E-state index in [9.17, 15) is 0 Å². The first-order valence-electron chi connectivity index (χ1n) is 6.04. The number of nitrogens with zero attached hydrogens (tertiary/aromatic N) is 6. The zero-order valence-electron chi connectivity index (χ0n) is 11.3. The predicted octanol–water partition coefficient (Wildman–Crippen LogP) is 2.49. The molecule has 3 rings (SSSR count). The highest BCUT2D eigenvalue weighted by atomic mass is 35.5. The molecule has 0 unspecified atom stereocenters. The van der Waals surface area contributed by atoms with Crippen molar-refractivity contribution in [1.82, 2.24) is 24.6 Å². The Morgan fingerprint density at radius 1 is 1.35 bits per heavy atom. The third kappa shape index (κ3) is 2.12. The van der Waals surface area contributed by atoms with Gasteiger partial charge in [-0.15, -0.1) is 11.3 Å². The summed E-state index contributed by atoms with van der Waals surface area (Å²) in [5.74, 6) is 1.40. The van der Waals surface area contributed by atoms with Crippen LogP contribution >= 0.6 is 22.9 Å². The number of halogens is 1. The minimum absolute atomic E-state index is 0.452. The number of fused-ring (bicyclic) bond motifs is 1. The van der Waals surface area contributed by atoms with Crippen LogP contribution in [0.3, 0.4) is 0 Å². The lowest BCUT2D eigenvalue weighted by atomic mass is 10.3. The monoisotopic (exact) mass is 308 g/mol. The van der Waals surface area contributed by atoms with Gasteiger partial charge in [0, 0.05) is 17.5 Å². The van der Waals surface area contributed by atoms with Crippen LogP contribution in [0.1, 0.15) is 16.1 Å². The number of anilines is 1. The Hall–Kier alpha value is -1.73. The second-order valence-corrected chi connectivity index (χ2v) is 5.84. The highest BCUT2D eigenvalue weighted by Crippen LogP contribution is 2.27. The molecule has 0 spiro atoms. The molecule has 0 aliphatic carbocycles. The quantitative estimate of drug-likeness (QED) is 0.696. The van der Waals surface area contributed by atoms with E-state index in [1.807, 2.05) is 26.4 Å². The molecule has 3 aromatic heterocycles. The van der Waals surface area contributed by atoms with Crippen molar-refractivity contribution < 1.29 is 0 Å². The van der Waals surface area contributed by atoms with Crippen LogP contribution in [0, 0.1) is 13.8 Å². The first kappa shape index (κ1) is 13.3. The average molecular weight is 309 g/mol. The van der Waals surface area contributed by atoms with E-state index in [1.165, 1.54) is 11.2 Å². The Morgan fingerprint density at radius 3 is 2.85 bits per heavy atom. The zero-order valence-corrected chi connectivity index (χ0v) is 12.9. The third-order valence-electron chi connectivity index (χ3n) is 3.16. The summed E-state index contributed by atoms with van der Waals surface area (Å²) in [6.45, 7) is 4.69. The number of hydrogen-bond donors (Lipinski definition) is 0. The molecule has 20 heavy (non-hydrogen) atoms. The van der Waals surface area contributed by atoms with Crippen LogP contribution in [-0.4, -0.2) is 31.6 Å². The summed E-state index contributed by atoms with van der Waals surface area (Å²) < 4.78 is 1.71. The lowest BCUT2D eigenvalue weighted by molar-refractivity contribution is 0.826. The van der Waals surface area contributed by atoms with Crippen molar-refractivity contribution in [2.24, 2.45) is 0 Å². The third-order valence-corrected chi connectivity index (χ3v) is 4.45. The maximum Gasteiger partial charge on any atom is 0.255 e. The second-order valence-electron chi connectivity index (χ2n) is 4.54. The van der Waals surface area contributed by atoms with Gasteiger partial charge in [0.15, 0.2) is 0 Å². The number of aromatic nitrogens is 5. The van der Waals surface area contributed by atoms with E-state index in [2.05, 4.69) is 25.0 Å². The van der Waals surface area contributed by atoms with Crippen molar-refractivity contribution in [3.8, 4) is 0 Å². The Labute approximate surface area is 125 Å². The van der Waals surface area contributed by atoms with Crippen LogP contribution in [0.25, 0.3) is 5.78 Å². The van der Waals surface area contributed by atoms with Gasteiger partial charge in [-0.1, -0.05) is 11.6 Å². The molecule has 0 bridgehead atoms. The fourth-order valence-electron chi connectivity index (χ4n) is 2.10. The first-order valence-corrected chi connectivity index (χ1v) is 7.29. The van der Waals surface area contributed by atoms with E-state index in [-0.39, 0.29) is 0 Å². The van der Waals surface area contributed by atoms with Crippen LogP contribution < -0.4 is 4.90 Å². The van der Waals surface area contributed by atoms with Crippen molar-refractivity contribution in [3.05, 3.63) is 33.1 Å². The van der Waals surface area contributed by atoms with Gasteiger partial charge in [-0.05, 0) is 13.8 Å². The lowest BCUT2D eigenvalue weighted by Gasteiger charge is -2.21.